The molecular weight excluding hydrogens is 312 g/mol. The third kappa shape index (κ3) is 4.68. The minimum absolute atomic E-state index is 0.126. The normalized spacial score (nSPS) is 16.1. The Hall–Kier alpha value is -2.17. The average Bonchev–Trinajstić information content (AvgIpc) is 2.65. The van der Waals surface area contributed by atoms with Crippen molar-refractivity contribution in [1.29, 1.82) is 0 Å². The van der Waals surface area contributed by atoms with Crippen LogP contribution in [-0.4, -0.2) is 42.1 Å². The summed E-state index contributed by atoms with van der Waals surface area (Å²) in [5, 5.41) is 1.81. The molecule has 1 aliphatic rings. The molecule has 4 heteroatoms. The van der Waals surface area contributed by atoms with Gasteiger partial charge in [-0.3, -0.25) is 9.69 Å². The van der Waals surface area contributed by atoms with Crippen molar-refractivity contribution < 1.29 is 9.63 Å². The van der Waals surface area contributed by atoms with E-state index in [1.165, 1.54) is 11.1 Å². The Morgan fingerprint density at radius 1 is 0.920 bits per heavy atom. The summed E-state index contributed by atoms with van der Waals surface area (Å²) in [4.78, 5) is 19.6. The summed E-state index contributed by atoms with van der Waals surface area (Å²) in [6.45, 7) is 5.21. The van der Waals surface area contributed by atoms with Crippen LogP contribution in [0.25, 0.3) is 0 Å². The standard InChI is InChI=1S/C21H26N2O2/c1-2-9-20(24)25-23-16-14-22(15-17-23)21(18-10-5-3-6-11-18)19-12-7-4-8-13-19/h3-8,10-13,21H,2,9,14-17H2,1H3. The smallest absolute Gasteiger partial charge is 0.325 e. The molecule has 0 N–H and O–H groups in total. The van der Waals surface area contributed by atoms with E-state index in [0.717, 1.165) is 32.6 Å². The van der Waals surface area contributed by atoms with Crippen LogP contribution in [0.4, 0.5) is 0 Å². The summed E-state index contributed by atoms with van der Waals surface area (Å²) in [7, 11) is 0. The van der Waals surface area contributed by atoms with Gasteiger partial charge in [0.15, 0.2) is 0 Å². The maximum absolute atomic E-state index is 11.7. The van der Waals surface area contributed by atoms with Crippen LogP contribution in [0.5, 0.6) is 0 Å². The van der Waals surface area contributed by atoms with Gasteiger partial charge in [-0.15, -0.1) is 5.06 Å². The molecule has 0 amide bonds. The van der Waals surface area contributed by atoms with E-state index in [2.05, 4.69) is 65.6 Å². The molecule has 132 valence electrons. The zero-order chi connectivity index (χ0) is 17.5. The van der Waals surface area contributed by atoms with Crippen molar-refractivity contribution in [2.75, 3.05) is 26.2 Å². The van der Waals surface area contributed by atoms with E-state index in [-0.39, 0.29) is 12.0 Å². The van der Waals surface area contributed by atoms with E-state index in [0.29, 0.717) is 6.42 Å². The molecule has 1 fully saturated rings. The van der Waals surface area contributed by atoms with Crippen molar-refractivity contribution in [2.24, 2.45) is 0 Å². The number of rotatable bonds is 6. The summed E-state index contributed by atoms with van der Waals surface area (Å²) >= 11 is 0. The van der Waals surface area contributed by atoms with Gasteiger partial charge < -0.3 is 4.84 Å². The van der Waals surface area contributed by atoms with E-state index in [4.69, 9.17) is 4.84 Å². The molecule has 4 nitrogen and oxygen atoms in total. The van der Waals surface area contributed by atoms with Crippen LogP contribution in [0.2, 0.25) is 0 Å². The van der Waals surface area contributed by atoms with Gasteiger partial charge in [-0.05, 0) is 17.5 Å². The molecule has 0 saturated carbocycles. The molecule has 3 rings (SSSR count). The Kier molecular flexibility index (Phi) is 6.20. The van der Waals surface area contributed by atoms with Gasteiger partial charge >= 0.3 is 5.97 Å². The maximum atomic E-state index is 11.7. The van der Waals surface area contributed by atoms with E-state index < -0.39 is 0 Å². The topological polar surface area (TPSA) is 32.8 Å². The number of hydrogen-bond donors (Lipinski definition) is 0. The number of carbonyl (C=O) groups excluding carboxylic acids is 1. The molecule has 25 heavy (non-hydrogen) atoms. The highest BCUT2D eigenvalue weighted by Gasteiger charge is 2.27. The molecule has 0 aliphatic carbocycles. The fourth-order valence-corrected chi connectivity index (χ4v) is 3.33. The SMILES string of the molecule is CCCC(=O)ON1CCN(C(c2ccccc2)c2ccccc2)CC1. The van der Waals surface area contributed by atoms with Gasteiger partial charge in [0.25, 0.3) is 0 Å². The number of benzene rings is 2. The van der Waals surface area contributed by atoms with Crippen LogP contribution < -0.4 is 0 Å². The second-order valence-electron chi connectivity index (χ2n) is 6.40. The van der Waals surface area contributed by atoms with E-state index in [1.807, 2.05) is 12.0 Å². The highest BCUT2D eigenvalue weighted by atomic mass is 16.7. The molecule has 0 atom stereocenters. The van der Waals surface area contributed by atoms with Crippen LogP contribution in [0.15, 0.2) is 60.7 Å². The minimum Gasteiger partial charge on any atom is -0.368 e. The Bertz CT molecular complexity index is 613. The fourth-order valence-electron chi connectivity index (χ4n) is 3.33. The van der Waals surface area contributed by atoms with Crippen LogP contribution in [0.1, 0.15) is 36.9 Å². The first-order valence-electron chi connectivity index (χ1n) is 9.07. The number of nitrogens with zero attached hydrogens (tertiary/aromatic N) is 2. The highest BCUT2D eigenvalue weighted by molar-refractivity contribution is 5.68. The third-order valence-electron chi connectivity index (χ3n) is 4.55. The number of piperazine rings is 1. The zero-order valence-corrected chi connectivity index (χ0v) is 14.8. The summed E-state index contributed by atoms with van der Waals surface area (Å²) in [5.74, 6) is -0.126. The Labute approximate surface area is 150 Å². The quantitative estimate of drug-likeness (QED) is 0.805. The Morgan fingerprint density at radius 3 is 1.92 bits per heavy atom. The van der Waals surface area contributed by atoms with Gasteiger partial charge in [0, 0.05) is 32.6 Å². The lowest BCUT2D eigenvalue weighted by Crippen LogP contribution is -2.48. The second-order valence-corrected chi connectivity index (χ2v) is 6.40. The highest BCUT2D eigenvalue weighted by Crippen LogP contribution is 2.29. The van der Waals surface area contributed by atoms with Crippen molar-refractivity contribution in [2.45, 2.75) is 25.8 Å². The lowest BCUT2D eigenvalue weighted by atomic mass is 9.96. The maximum Gasteiger partial charge on any atom is 0.325 e. The van der Waals surface area contributed by atoms with Crippen molar-refractivity contribution in [3.8, 4) is 0 Å². The van der Waals surface area contributed by atoms with Crippen LogP contribution >= 0.6 is 0 Å². The largest absolute Gasteiger partial charge is 0.368 e. The predicted octanol–water partition coefficient (Wildman–Crippen LogP) is 3.65. The van der Waals surface area contributed by atoms with Gasteiger partial charge in [-0.2, -0.15) is 0 Å². The first-order chi connectivity index (χ1) is 12.3. The van der Waals surface area contributed by atoms with E-state index in [1.54, 1.807) is 0 Å². The van der Waals surface area contributed by atoms with Crippen LogP contribution in [0.3, 0.4) is 0 Å². The lowest BCUT2D eigenvalue weighted by Gasteiger charge is -2.38. The van der Waals surface area contributed by atoms with Gasteiger partial charge in [0.1, 0.15) is 0 Å². The summed E-state index contributed by atoms with van der Waals surface area (Å²) in [5.41, 5.74) is 2.59. The fraction of sp³-hybridized carbons (Fsp3) is 0.381. The molecule has 0 radical (unpaired) electrons. The van der Waals surface area contributed by atoms with Crippen LogP contribution in [-0.2, 0) is 9.63 Å². The molecular formula is C21H26N2O2. The van der Waals surface area contributed by atoms with Crippen molar-refractivity contribution in [1.82, 2.24) is 9.96 Å². The van der Waals surface area contributed by atoms with Gasteiger partial charge in [-0.1, -0.05) is 67.6 Å². The van der Waals surface area contributed by atoms with E-state index >= 15 is 0 Å². The molecule has 2 aromatic rings. The molecule has 0 spiro atoms. The first-order valence-corrected chi connectivity index (χ1v) is 9.07. The molecule has 0 unspecified atom stereocenters. The minimum atomic E-state index is -0.126. The molecule has 0 aromatic heterocycles. The summed E-state index contributed by atoms with van der Waals surface area (Å²) < 4.78 is 0. The molecule has 0 bridgehead atoms. The number of hydroxylamine groups is 2. The van der Waals surface area contributed by atoms with Gasteiger partial charge in [0.05, 0.1) is 6.04 Å². The van der Waals surface area contributed by atoms with Crippen molar-refractivity contribution in [3.63, 3.8) is 0 Å². The van der Waals surface area contributed by atoms with Crippen LogP contribution in [0, 0.1) is 0 Å². The zero-order valence-electron chi connectivity index (χ0n) is 14.8. The van der Waals surface area contributed by atoms with E-state index in [9.17, 15) is 4.79 Å². The van der Waals surface area contributed by atoms with Crippen molar-refractivity contribution >= 4 is 5.97 Å². The Morgan fingerprint density at radius 2 is 1.44 bits per heavy atom. The summed E-state index contributed by atoms with van der Waals surface area (Å²) in [6.07, 6.45) is 1.31. The number of carbonyl (C=O) groups is 1. The monoisotopic (exact) mass is 338 g/mol. The molecule has 1 saturated heterocycles. The average molecular weight is 338 g/mol. The predicted molar refractivity (Wildman–Crippen MR) is 98.9 cm³/mol. The lowest BCUT2D eigenvalue weighted by molar-refractivity contribution is -0.198. The molecule has 1 heterocycles. The van der Waals surface area contributed by atoms with Gasteiger partial charge in [-0.25, -0.2) is 0 Å². The number of hydrogen-bond acceptors (Lipinski definition) is 4. The first kappa shape index (κ1) is 17.6. The molecule has 2 aromatic carbocycles. The molecule has 1 aliphatic heterocycles. The Balaban J connectivity index is 1.70. The van der Waals surface area contributed by atoms with Crippen molar-refractivity contribution in [3.05, 3.63) is 71.8 Å². The van der Waals surface area contributed by atoms with Gasteiger partial charge in [0.2, 0.25) is 0 Å². The second kappa shape index (κ2) is 8.79. The summed E-state index contributed by atoms with van der Waals surface area (Å²) in [6, 6.07) is 21.4. The third-order valence-corrected chi connectivity index (χ3v) is 4.55.